The molecule has 18 heavy (non-hydrogen) atoms. The number of ketones is 1. The molecule has 1 aromatic carbocycles. The smallest absolute Gasteiger partial charge is 0.218 e. The third kappa shape index (κ3) is 3.85. The fourth-order valence-electron chi connectivity index (χ4n) is 1.50. The van der Waals surface area contributed by atoms with Crippen LogP contribution in [0.1, 0.15) is 19.4 Å². The normalized spacial score (nSPS) is 10.9. The van der Waals surface area contributed by atoms with Gasteiger partial charge in [-0.05, 0) is 26.0 Å². The highest BCUT2D eigenvalue weighted by atomic mass is 19.1. The molecule has 3 nitrogen and oxygen atoms in total. The Labute approximate surface area is 105 Å². The summed E-state index contributed by atoms with van der Waals surface area (Å²) in [6, 6.07) is 3.48. The lowest BCUT2D eigenvalue weighted by molar-refractivity contribution is -0.167. The average molecular weight is 258 g/mol. The van der Waals surface area contributed by atoms with Crippen molar-refractivity contribution in [2.75, 3.05) is 13.2 Å². The number of carbonyl (C=O) groups is 1. The highest BCUT2D eigenvalue weighted by molar-refractivity contribution is 5.84. The molecule has 0 saturated carbocycles. The van der Waals surface area contributed by atoms with Crippen molar-refractivity contribution in [2.24, 2.45) is 0 Å². The fraction of sp³-hybridized carbons (Fsp3) is 0.462. The van der Waals surface area contributed by atoms with Crippen molar-refractivity contribution in [2.45, 2.75) is 26.6 Å². The summed E-state index contributed by atoms with van der Waals surface area (Å²) in [5.41, 5.74) is -0.257. The van der Waals surface area contributed by atoms with Gasteiger partial charge in [0.2, 0.25) is 6.29 Å². The summed E-state index contributed by atoms with van der Waals surface area (Å²) in [7, 11) is 0. The van der Waals surface area contributed by atoms with Crippen LogP contribution in [0.4, 0.5) is 8.78 Å². The Kier molecular flexibility index (Phi) is 5.88. The highest BCUT2D eigenvalue weighted by Gasteiger charge is 2.22. The van der Waals surface area contributed by atoms with E-state index in [1.807, 2.05) is 0 Å². The number of Topliss-reactive ketones (excluding diaryl/α,β-unsaturated/α-hetero) is 1. The van der Waals surface area contributed by atoms with Crippen LogP contribution in [0.2, 0.25) is 0 Å². The van der Waals surface area contributed by atoms with E-state index in [1.165, 1.54) is 6.07 Å². The zero-order valence-corrected chi connectivity index (χ0v) is 10.4. The van der Waals surface area contributed by atoms with Crippen LogP contribution in [0.3, 0.4) is 0 Å². The van der Waals surface area contributed by atoms with Crippen molar-refractivity contribution in [1.29, 1.82) is 0 Å². The van der Waals surface area contributed by atoms with Gasteiger partial charge in [0.1, 0.15) is 11.6 Å². The number of hydrogen-bond acceptors (Lipinski definition) is 3. The van der Waals surface area contributed by atoms with Gasteiger partial charge in [-0.25, -0.2) is 8.78 Å². The predicted molar refractivity (Wildman–Crippen MR) is 62.1 cm³/mol. The molecule has 0 aromatic heterocycles. The molecule has 0 heterocycles. The van der Waals surface area contributed by atoms with Crippen molar-refractivity contribution in [3.8, 4) is 0 Å². The molecule has 0 fully saturated rings. The van der Waals surface area contributed by atoms with Crippen LogP contribution in [0.5, 0.6) is 0 Å². The summed E-state index contributed by atoms with van der Waals surface area (Å²) in [5.74, 6) is -1.98. The van der Waals surface area contributed by atoms with Gasteiger partial charge in [-0.2, -0.15) is 0 Å². The van der Waals surface area contributed by atoms with E-state index in [-0.39, 0.29) is 25.2 Å². The maximum Gasteiger partial charge on any atom is 0.218 e. The van der Waals surface area contributed by atoms with Gasteiger partial charge in [-0.3, -0.25) is 4.79 Å². The first-order chi connectivity index (χ1) is 8.60. The lowest BCUT2D eigenvalue weighted by Crippen LogP contribution is -2.29. The van der Waals surface area contributed by atoms with Crippen LogP contribution in [0.15, 0.2) is 18.2 Å². The van der Waals surface area contributed by atoms with Crippen LogP contribution in [0.25, 0.3) is 0 Å². The molecule has 0 saturated heterocycles. The summed E-state index contributed by atoms with van der Waals surface area (Å²) >= 11 is 0. The Hall–Kier alpha value is -1.33. The van der Waals surface area contributed by atoms with Crippen molar-refractivity contribution in [3.63, 3.8) is 0 Å². The molecule has 0 bridgehead atoms. The molecule has 0 aliphatic rings. The summed E-state index contributed by atoms with van der Waals surface area (Å²) in [6.07, 6.45) is -1.46. The van der Waals surface area contributed by atoms with Crippen molar-refractivity contribution in [1.82, 2.24) is 0 Å². The quantitative estimate of drug-likeness (QED) is 0.705. The van der Waals surface area contributed by atoms with Gasteiger partial charge in [-0.1, -0.05) is 6.07 Å². The topological polar surface area (TPSA) is 35.5 Å². The second-order valence-electron chi connectivity index (χ2n) is 3.59. The molecule has 1 rings (SSSR count). The second-order valence-corrected chi connectivity index (χ2v) is 3.59. The summed E-state index contributed by atoms with van der Waals surface area (Å²) < 4.78 is 36.9. The summed E-state index contributed by atoms with van der Waals surface area (Å²) in [5, 5.41) is 0. The molecule has 0 amide bonds. The zero-order valence-electron chi connectivity index (χ0n) is 10.4. The summed E-state index contributed by atoms with van der Waals surface area (Å²) in [6.45, 7) is 4.00. The van der Waals surface area contributed by atoms with Crippen molar-refractivity contribution in [3.05, 3.63) is 35.4 Å². The Balaban J connectivity index is 2.79. The molecule has 0 spiro atoms. The van der Waals surface area contributed by atoms with Gasteiger partial charge in [0.05, 0.1) is 0 Å². The van der Waals surface area contributed by atoms with E-state index in [2.05, 4.69) is 0 Å². The van der Waals surface area contributed by atoms with Gasteiger partial charge >= 0.3 is 0 Å². The third-order valence-electron chi connectivity index (χ3n) is 2.31. The van der Waals surface area contributed by atoms with Gasteiger partial charge in [-0.15, -0.1) is 0 Å². The number of hydrogen-bond donors (Lipinski definition) is 0. The number of rotatable bonds is 7. The average Bonchev–Trinajstić information content (AvgIpc) is 2.33. The van der Waals surface area contributed by atoms with E-state index in [1.54, 1.807) is 13.8 Å². The monoisotopic (exact) mass is 258 g/mol. The minimum atomic E-state index is -1.07. The first kappa shape index (κ1) is 14.7. The van der Waals surface area contributed by atoms with Crippen molar-refractivity contribution >= 4 is 5.78 Å². The van der Waals surface area contributed by atoms with E-state index >= 15 is 0 Å². The standard InChI is InChI=1S/C13H16F2O3/c1-3-17-13(18-4-2)12(16)8-9-10(14)6-5-7-11(9)15/h5-7,13H,3-4,8H2,1-2H3. The minimum absolute atomic E-state index is 0.257. The molecule has 100 valence electrons. The van der Waals surface area contributed by atoms with E-state index in [0.717, 1.165) is 12.1 Å². The predicted octanol–water partition coefficient (Wildman–Crippen LogP) is 2.48. The fourth-order valence-corrected chi connectivity index (χ4v) is 1.50. The molecule has 0 aliphatic carbocycles. The Morgan fingerprint density at radius 2 is 1.67 bits per heavy atom. The van der Waals surface area contributed by atoms with Gasteiger partial charge in [0, 0.05) is 25.2 Å². The van der Waals surface area contributed by atoms with Crippen LogP contribution in [0, 0.1) is 11.6 Å². The first-order valence-corrected chi connectivity index (χ1v) is 5.78. The third-order valence-corrected chi connectivity index (χ3v) is 2.31. The SMILES string of the molecule is CCOC(OCC)C(=O)Cc1c(F)cccc1F. The minimum Gasteiger partial charge on any atom is -0.346 e. The van der Waals surface area contributed by atoms with Gasteiger partial charge in [0.25, 0.3) is 0 Å². The Morgan fingerprint density at radius 1 is 1.17 bits per heavy atom. The number of benzene rings is 1. The summed E-state index contributed by atoms with van der Waals surface area (Å²) in [4.78, 5) is 11.8. The Bertz CT molecular complexity index is 381. The lowest BCUT2D eigenvalue weighted by Gasteiger charge is -2.15. The van der Waals surface area contributed by atoms with Crippen LogP contribution in [-0.2, 0) is 20.7 Å². The van der Waals surface area contributed by atoms with Crippen molar-refractivity contribution < 1.29 is 23.0 Å². The largest absolute Gasteiger partial charge is 0.346 e. The van der Waals surface area contributed by atoms with Crippen LogP contribution in [-0.4, -0.2) is 25.3 Å². The number of carbonyl (C=O) groups excluding carboxylic acids is 1. The van der Waals surface area contributed by atoms with E-state index < -0.39 is 23.7 Å². The number of halogens is 2. The molecule has 0 radical (unpaired) electrons. The van der Waals surface area contributed by atoms with E-state index in [9.17, 15) is 13.6 Å². The maximum absolute atomic E-state index is 13.4. The van der Waals surface area contributed by atoms with Gasteiger partial charge in [0.15, 0.2) is 5.78 Å². The molecule has 0 N–H and O–H groups in total. The maximum atomic E-state index is 13.4. The Morgan fingerprint density at radius 3 is 2.11 bits per heavy atom. The molecular weight excluding hydrogens is 242 g/mol. The van der Waals surface area contributed by atoms with Crippen LogP contribution >= 0.6 is 0 Å². The molecule has 1 aromatic rings. The van der Waals surface area contributed by atoms with E-state index in [4.69, 9.17) is 9.47 Å². The first-order valence-electron chi connectivity index (χ1n) is 5.78. The molecular formula is C13H16F2O3. The molecule has 0 aliphatic heterocycles. The second kappa shape index (κ2) is 7.18. The zero-order chi connectivity index (χ0) is 13.5. The number of ether oxygens (including phenoxy) is 2. The lowest BCUT2D eigenvalue weighted by atomic mass is 10.1. The molecule has 0 unspecified atom stereocenters. The van der Waals surface area contributed by atoms with Crippen LogP contribution < -0.4 is 0 Å². The highest BCUT2D eigenvalue weighted by Crippen LogP contribution is 2.14. The van der Waals surface area contributed by atoms with E-state index in [0.29, 0.717) is 0 Å². The molecule has 0 atom stereocenters. The molecule has 5 heteroatoms. The van der Waals surface area contributed by atoms with Gasteiger partial charge < -0.3 is 9.47 Å².